The van der Waals surface area contributed by atoms with Crippen molar-refractivity contribution in [3.8, 4) is 11.1 Å². The van der Waals surface area contributed by atoms with Crippen molar-refractivity contribution < 1.29 is 8.78 Å². The number of hydrogen-bond acceptors (Lipinski definition) is 0. The maximum atomic E-state index is 13.6. The van der Waals surface area contributed by atoms with Gasteiger partial charge in [0, 0.05) is 5.56 Å². The van der Waals surface area contributed by atoms with Crippen molar-refractivity contribution in [1.82, 2.24) is 0 Å². The van der Waals surface area contributed by atoms with E-state index < -0.39 is 11.6 Å². The molecule has 0 atom stereocenters. The number of aryl methyl sites for hydroxylation is 2. The third-order valence-corrected chi connectivity index (χ3v) is 2.97. The standard InChI is InChI=1S/C15H14F2/c1-3-11-8-12(5-4-10(11)2)14-9-13(16)6-7-15(14)17/h4-9H,3H2,1-2H3. The lowest BCUT2D eigenvalue weighted by Gasteiger charge is -2.08. The van der Waals surface area contributed by atoms with Gasteiger partial charge in [0.2, 0.25) is 0 Å². The molecule has 0 N–H and O–H groups in total. The fourth-order valence-corrected chi connectivity index (χ4v) is 1.94. The Hall–Kier alpha value is -1.70. The highest BCUT2D eigenvalue weighted by Crippen LogP contribution is 2.26. The van der Waals surface area contributed by atoms with Crippen LogP contribution in [0, 0.1) is 18.6 Å². The molecule has 0 amide bonds. The van der Waals surface area contributed by atoms with Crippen LogP contribution in [-0.4, -0.2) is 0 Å². The van der Waals surface area contributed by atoms with E-state index in [1.807, 2.05) is 32.0 Å². The van der Waals surface area contributed by atoms with E-state index in [0.29, 0.717) is 5.56 Å². The minimum atomic E-state index is -0.417. The van der Waals surface area contributed by atoms with Crippen molar-refractivity contribution in [2.24, 2.45) is 0 Å². The SMILES string of the molecule is CCc1cc(-c2cc(F)ccc2F)ccc1C. The quantitative estimate of drug-likeness (QED) is 0.715. The smallest absolute Gasteiger partial charge is 0.131 e. The molecule has 88 valence electrons. The molecule has 0 aromatic heterocycles. The Labute approximate surface area is 99.9 Å². The van der Waals surface area contributed by atoms with Crippen molar-refractivity contribution in [3.63, 3.8) is 0 Å². The highest BCUT2D eigenvalue weighted by molar-refractivity contribution is 5.65. The summed E-state index contributed by atoms with van der Waals surface area (Å²) in [4.78, 5) is 0. The van der Waals surface area contributed by atoms with Gasteiger partial charge < -0.3 is 0 Å². The maximum Gasteiger partial charge on any atom is 0.131 e. The second-order valence-electron chi connectivity index (χ2n) is 4.12. The number of benzene rings is 2. The molecule has 0 radical (unpaired) electrons. The van der Waals surface area contributed by atoms with E-state index in [4.69, 9.17) is 0 Å². The van der Waals surface area contributed by atoms with Crippen LogP contribution in [0.3, 0.4) is 0 Å². The van der Waals surface area contributed by atoms with Crippen LogP contribution in [0.5, 0.6) is 0 Å². The summed E-state index contributed by atoms with van der Waals surface area (Å²) in [6.07, 6.45) is 0.886. The monoisotopic (exact) mass is 232 g/mol. The molecule has 0 heterocycles. The Morgan fingerprint density at radius 3 is 2.47 bits per heavy atom. The lowest BCUT2D eigenvalue weighted by molar-refractivity contribution is 0.603. The Morgan fingerprint density at radius 2 is 1.76 bits per heavy atom. The van der Waals surface area contributed by atoms with E-state index in [2.05, 4.69) is 0 Å². The van der Waals surface area contributed by atoms with Crippen LogP contribution in [0.1, 0.15) is 18.1 Å². The molecule has 0 nitrogen and oxygen atoms in total. The number of halogens is 2. The average Bonchev–Trinajstić information content (AvgIpc) is 2.33. The van der Waals surface area contributed by atoms with Crippen LogP contribution in [0.4, 0.5) is 8.78 Å². The summed E-state index contributed by atoms with van der Waals surface area (Å²) in [5.74, 6) is -0.808. The Kier molecular flexibility index (Phi) is 3.23. The molecule has 0 spiro atoms. The first-order chi connectivity index (χ1) is 8.11. The molecule has 17 heavy (non-hydrogen) atoms. The summed E-state index contributed by atoms with van der Waals surface area (Å²) in [5.41, 5.74) is 3.38. The van der Waals surface area contributed by atoms with Gasteiger partial charge in [-0.1, -0.05) is 25.1 Å². The van der Waals surface area contributed by atoms with Gasteiger partial charge in [-0.2, -0.15) is 0 Å². The predicted molar refractivity (Wildman–Crippen MR) is 65.9 cm³/mol. The van der Waals surface area contributed by atoms with Gasteiger partial charge in [-0.05, 0) is 48.2 Å². The van der Waals surface area contributed by atoms with E-state index in [9.17, 15) is 8.78 Å². The first-order valence-electron chi connectivity index (χ1n) is 5.66. The maximum absolute atomic E-state index is 13.6. The first kappa shape index (κ1) is 11.8. The summed E-state index contributed by atoms with van der Waals surface area (Å²) < 4.78 is 26.8. The van der Waals surface area contributed by atoms with E-state index in [1.54, 1.807) is 0 Å². The first-order valence-corrected chi connectivity index (χ1v) is 5.66. The molecule has 0 aliphatic carbocycles. The fourth-order valence-electron chi connectivity index (χ4n) is 1.94. The van der Waals surface area contributed by atoms with Gasteiger partial charge in [-0.15, -0.1) is 0 Å². The topological polar surface area (TPSA) is 0 Å². The molecule has 2 aromatic rings. The minimum Gasteiger partial charge on any atom is -0.207 e. The number of hydrogen-bond donors (Lipinski definition) is 0. The largest absolute Gasteiger partial charge is 0.207 e. The zero-order valence-electron chi connectivity index (χ0n) is 9.93. The van der Waals surface area contributed by atoms with Crippen LogP contribution < -0.4 is 0 Å². The zero-order chi connectivity index (χ0) is 12.4. The van der Waals surface area contributed by atoms with Gasteiger partial charge >= 0.3 is 0 Å². The van der Waals surface area contributed by atoms with Crippen LogP contribution in [-0.2, 0) is 6.42 Å². The second kappa shape index (κ2) is 4.66. The van der Waals surface area contributed by atoms with Gasteiger partial charge in [-0.25, -0.2) is 8.78 Å². The molecule has 2 aromatic carbocycles. The lowest BCUT2D eigenvalue weighted by atomic mass is 9.98. The van der Waals surface area contributed by atoms with E-state index >= 15 is 0 Å². The fraction of sp³-hybridized carbons (Fsp3) is 0.200. The Morgan fingerprint density at radius 1 is 1.00 bits per heavy atom. The normalized spacial score (nSPS) is 10.6. The third-order valence-electron chi connectivity index (χ3n) is 2.97. The average molecular weight is 232 g/mol. The van der Waals surface area contributed by atoms with Crippen LogP contribution in [0.2, 0.25) is 0 Å². The molecule has 0 unspecified atom stereocenters. The van der Waals surface area contributed by atoms with Gasteiger partial charge in [0.05, 0.1) is 0 Å². The highest BCUT2D eigenvalue weighted by Gasteiger charge is 2.07. The minimum absolute atomic E-state index is 0.319. The molecular formula is C15H14F2. The van der Waals surface area contributed by atoms with Crippen molar-refractivity contribution in [2.75, 3.05) is 0 Å². The molecule has 0 bridgehead atoms. The molecule has 2 heteroatoms. The molecule has 0 saturated carbocycles. The molecule has 0 aliphatic rings. The zero-order valence-corrected chi connectivity index (χ0v) is 9.93. The van der Waals surface area contributed by atoms with Gasteiger partial charge in [0.25, 0.3) is 0 Å². The molecule has 0 fully saturated rings. The molecular weight excluding hydrogens is 218 g/mol. The number of rotatable bonds is 2. The summed E-state index contributed by atoms with van der Waals surface area (Å²) in [5, 5.41) is 0. The van der Waals surface area contributed by atoms with Crippen LogP contribution in [0.15, 0.2) is 36.4 Å². The second-order valence-corrected chi connectivity index (χ2v) is 4.12. The van der Waals surface area contributed by atoms with E-state index in [-0.39, 0.29) is 0 Å². The molecule has 0 saturated heterocycles. The summed E-state index contributed by atoms with van der Waals surface area (Å²) in [6, 6.07) is 9.22. The summed E-state index contributed by atoms with van der Waals surface area (Å²) in [6.45, 7) is 4.07. The van der Waals surface area contributed by atoms with Crippen molar-refractivity contribution >= 4 is 0 Å². The Bertz CT molecular complexity index is 545. The van der Waals surface area contributed by atoms with Gasteiger partial charge in [0.15, 0.2) is 0 Å². The van der Waals surface area contributed by atoms with Crippen LogP contribution >= 0.6 is 0 Å². The highest BCUT2D eigenvalue weighted by atomic mass is 19.1. The van der Waals surface area contributed by atoms with E-state index in [0.717, 1.165) is 29.7 Å². The van der Waals surface area contributed by atoms with Crippen LogP contribution in [0.25, 0.3) is 11.1 Å². The van der Waals surface area contributed by atoms with Gasteiger partial charge in [0.1, 0.15) is 11.6 Å². The third kappa shape index (κ3) is 2.36. The van der Waals surface area contributed by atoms with Crippen molar-refractivity contribution in [1.29, 1.82) is 0 Å². The van der Waals surface area contributed by atoms with E-state index in [1.165, 1.54) is 11.6 Å². The van der Waals surface area contributed by atoms with Crippen molar-refractivity contribution in [2.45, 2.75) is 20.3 Å². The molecule has 2 rings (SSSR count). The lowest BCUT2D eigenvalue weighted by Crippen LogP contribution is -1.91. The summed E-state index contributed by atoms with van der Waals surface area (Å²) >= 11 is 0. The molecule has 0 aliphatic heterocycles. The predicted octanol–water partition coefficient (Wildman–Crippen LogP) is 4.50. The van der Waals surface area contributed by atoms with Crippen molar-refractivity contribution in [3.05, 3.63) is 59.2 Å². The Balaban J connectivity index is 2.56. The van der Waals surface area contributed by atoms with Gasteiger partial charge in [-0.3, -0.25) is 0 Å². The summed E-state index contributed by atoms with van der Waals surface area (Å²) in [7, 11) is 0.